The maximum Gasteiger partial charge on any atom is 0.339 e. The SMILES string of the molecule is CCCNC(=O)COC(=O)c1ccccc1SCC(=O)Nc1ccc2c(c1)OCO2. The van der Waals surface area contributed by atoms with Crippen LogP contribution in [-0.4, -0.2) is 43.5 Å². The molecule has 9 heteroatoms. The highest BCUT2D eigenvalue weighted by Crippen LogP contribution is 2.34. The van der Waals surface area contributed by atoms with Crippen LogP contribution in [0, 0.1) is 0 Å². The fourth-order valence-corrected chi connectivity index (χ4v) is 3.44. The number of rotatable bonds is 9. The Morgan fingerprint density at radius 2 is 1.87 bits per heavy atom. The van der Waals surface area contributed by atoms with Gasteiger partial charge >= 0.3 is 5.97 Å². The minimum Gasteiger partial charge on any atom is -0.454 e. The second-order valence-corrected chi connectivity index (χ2v) is 7.34. The fraction of sp³-hybridized carbons (Fsp3) is 0.286. The smallest absolute Gasteiger partial charge is 0.339 e. The summed E-state index contributed by atoms with van der Waals surface area (Å²) in [4.78, 5) is 36.9. The van der Waals surface area contributed by atoms with Crippen LogP contribution in [0.25, 0.3) is 0 Å². The molecule has 0 aromatic heterocycles. The van der Waals surface area contributed by atoms with Gasteiger partial charge in [0.05, 0.1) is 11.3 Å². The second-order valence-electron chi connectivity index (χ2n) is 6.33. The van der Waals surface area contributed by atoms with Gasteiger partial charge in [0.25, 0.3) is 5.91 Å². The lowest BCUT2D eigenvalue weighted by Crippen LogP contribution is -2.29. The quantitative estimate of drug-likeness (QED) is 0.466. The zero-order valence-corrected chi connectivity index (χ0v) is 17.3. The van der Waals surface area contributed by atoms with Crippen LogP contribution in [0.3, 0.4) is 0 Å². The lowest BCUT2D eigenvalue weighted by molar-refractivity contribution is -0.124. The first-order valence-electron chi connectivity index (χ1n) is 9.42. The van der Waals surface area contributed by atoms with E-state index >= 15 is 0 Å². The van der Waals surface area contributed by atoms with Crippen molar-refractivity contribution in [3.05, 3.63) is 48.0 Å². The number of thioether (sulfide) groups is 1. The van der Waals surface area contributed by atoms with E-state index in [1.54, 1.807) is 42.5 Å². The molecule has 0 bridgehead atoms. The maximum atomic E-state index is 12.3. The molecule has 2 aromatic rings. The number of fused-ring (bicyclic) bond motifs is 1. The molecule has 0 atom stereocenters. The molecule has 0 saturated heterocycles. The number of hydrogen-bond donors (Lipinski definition) is 2. The van der Waals surface area contributed by atoms with Crippen LogP contribution in [0.5, 0.6) is 11.5 Å². The van der Waals surface area contributed by atoms with Gasteiger partial charge in [-0.25, -0.2) is 4.79 Å². The predicted octanol–water partition coefficient (Wildman–Crippen LogP) is 2.83. The summed E-state index contributed by atoms with van der Waals surface area (Å²) in [5.74, 6) is 0.116. The Bertz CT molecular complexity index is 933. The average Bonchev–Trinajstić information content (AvgIpc) is 3.22. The molecule has 0 radical (unpaired) electrons. The fourth-order valence-electron chi connectivity index (χ4n) is 2.60. The summed E-state index contributed by atoms with van der Waals surface area (Å²) in [6, 6.07) is 11.9. The van der Waals surface area contributed by atoms with Gasteiger partial charge in [-0.1, -0.05) is 19.1 Å². The summed E-state index contributed by atoms with van der Waals surface area (Å²) >= 11 is 1.21. The van der Waals surface area contributed by atoms with E-state index in [-0.39, 0.29) is 31.0 Å². The number of amides is 2. The molecule has 1 aliphatic rings. The van der Waals surface area contributed by atoms with Gasteiger partial charge in [-0.15, -0.1) is 11.8 Å². The molecule has 2 N–H and O–H groups in total. The Hall–Kier alpha value is -3.20. The molecule has 30 heavy (non-hydrogen) atoms. The van der Waals surface area contributed by atoms with Crippen molar-refractivity contribution in [3.8, 4) is 11.5 Å². The summed E-state index contributed by atoms with van der Waals surface area (Å²) in [5.41, 5.74) is 0.900. The van der Waals surface area contributed by atoms with Gasteiger partial charge in [0.15, 0.2) is 18.1 Å². The topological polar surface area (TPSA) is 103 Å². The van der Waals surface area contributed by atoms with E-state index in [0.29, 0.717) is 34.2 Å². The molecule has 0 saturated carbocycles. The highest BCUT2D eigenvalue weighted by molar-refractivity contribution is 8.00. The van der Waals surface area contributed by atoms with Gasteiger partial charge in [-0.2, -0.15) is 0 Å². The summed E-state index contributed by atoms with van der Waals surface area (Å²) in [6.45, 7) is 2.28. The molecule has 158 valence electrons. The Morgan fingerprint density at radius 1 is 1.07 bits per heavy atom. The van der Waals surface area contributed by atoms with Crippen molar-refractivity contribution in [2.45, 2.75) is 18.2 Å². The molecule has 2 aromatic carbocycles. The van der Waals surface area contributed by atoms with Crippen LogP contribution in [-0.2, 0) is 14.3 Å². The number of nitrogens with one attached hydrogen (secondary N) is 2. The number of hydrogen-bond acceptors (Lipinski definition) is 7. The minimum atomic E-state index is -0.610. The Morgan fingerprint density at radius 3 is 2.70 bits per heavy atom. The Balaban J connectivity index is 1.53. The largest absolute Gasteiger partial charge is 0.454 e. The average molecular weight is 430 g/mol. The van der Waals surface area contributed by atoms with Crippen molar-refractivity contribution >= 4 is 35.2 Å². The molecule has 0 unspecified atom stereocenters. The van der Waals surface area contributed by atoms with Crippen molar-refractivity contribution < 1.29 is 28.6 Å². The van der Waals surface area contributed by atoms with Crippen LogP contribution in [0.1, 0.15) is 23.7 Å². The number of benzene rings is 2. The standard InChI is InChI=1S/C21H22N2O6S/c1-2-9-22-19(24)11-27-21(26)15-5-3-4-6-18(15)30-12-20(25)23-14-7-8-16-17(10-14)29-13-28-16/h3-8,10H,2,9,11-13H2,1H3,(H,22,24)(H,23,25). The van der Waals surface area contributed by atoms with Gasteiger partial charge in [0.2, 0.25) is 12.7 Å². The number of carbonyl (C=O) groups excluding carboxylic acids is 3. The third-order valence-electron chi connectivity index (χ3n) is 4.03. The minimum absolute atomic E-state index is 0.0930. The predicted molar refractivity (Wildman–Crippen MR) is 112 cm³/mol. The number of ether oxygens (including phenoxy) is 3. The molecule has 3 rings (SSSR count). The first-order chi connectivity index (χ1) is 14.6. The highest BCUT2D eigenvalue weighted by atomic mass is 32.2. The Labute approximate surface area is 178 Å². The van der Waals surface area contributed by atoms with Crippen LogP contribution in [0.4, 0.5) is 5.69 Å². The van der Waals surface area contributed by atoms with Crippen molar-refractivity contribution in [2.24, 2.45) is 0 Å². The Kier molecular flexibility index (Phi) is 7.56. The van der Waals surface area contributed by atoms with Gasteiger partial charge in [-0.05, 0) is 30.7 Å². The van der Waals surface area contributed by atoms with Crippen LogP contribution in [0.15, 0.2) is 47.4 Å². The first-order valence-corrected chi connectivity index (χ1v) is 10.4. The molecule has 0 aliphatic carbocycles. The molecular formula is C21H22N2O6S. The third-order valence-corrected chi connectivity index (χ3v) is 5.10. The van der Waals surface area contributed by atoms with Gasteiger partial charge in [0, 0.05) is 23.2 Å². The third kappa shape index (κ3) is 5.90. The first kappa shape index (κ1) is 21.5. The van der Waals surface area contributed by atoms with Gasteiger partial charge < -0.3 is 24.8 Å². The molecule has 1 heterocycles. The monoisotopic (exact) mass is 430 g/mol. The van der Waals surface area contributed by atoms with Crippen molar-refractivity contribution in [3.63, 3.8) is 0 Å². The van der Waals surface area contributed by atoms with E-state index in [1.165, 1.54) is 11.8 Å². The zero-order chi connectivity index (χ0) is 21.3. The normalized spacial score (nSPS) is 11.6. The molecule has 8 nitrogen and oxygen atoms in total. The number of esters is 1. The molecule has 0 fully saturated rings. The van der Waals surface area contributed by atoms with Crippen molar-refractivity contribution in [1.82, 2.24) is 5.32 Å². The second kappa shape index (κ2) is 10.5. The molecule has 1 aliphatic heterocycles. The zero-order valence-electron chi connectivity index (χ0n) is 16.4. The molecular weight excluding hydrogens is 408 g/mol. The number of anilines is 1. The van der Waals surface area contributed by atoms with Crippen LogP contribution >= 0.6 is 11.8 Å². The van der Waals surface area contributed by atoms with E-state index in [1.807, 2.05) is 6.92 Å². The summed E-state index contributed by atoms with van der Waals surface area (Å²) in [7, 11) is 0. The van der Waals surface area contributed by atoms with Gasteiger partial charge in [0.1, 0.15) is 0 Å². The lowest BCUT2D eigenvalue weighted by atomic mass is 10.2. The van der Waals surface area contributed by atoms with E-state index in [2.05, 4.69) is 10.6 Å². The van der Waals surface area contributed by atoms with E-state index in [4.69, 9.17) is 14.2 Å². The van der Waals surface area contributed by atoms with E-state index in [0.717, 1.165) is 6.42 Å². The molecule has 0 spiro atoms. The molecule has 2 amide bonds. The maximum absolute atomic E-state index is 12.3. The van der Waals surface area contributed by atoms with E-state index in [9.17, 15) is 14.4 Å². The lowest BCUT2D eigenvalue weighted by Gasteiger charge is -2.10. The van der Waals surface area contributed by atoms with Crippen molar-refractivity contribution in [1.29, 1.82) is 0 Å². The van der Waals surface area contributed by atoms with Gasteiger partial charge in [-0.3, -0.25) is 9.59 Å². The summed E-state index contributed by atoms with van der Waals surface area (Å²) in [5, 5.41) is 5.43. The summed E-state index contributed by atoms with van der Waals surface area (Å²) < 4.78 is 15.6. The van der Waals surface area contributed by atoms with Crippen molar-refractivity contribution in [2.75, 3.05) is 31.0 Å². The van der Waals surface area contributed by atoms with E-state index < -0.39 is 5.97 Å². The van der Waals surface area contributed by atoms with Crippen LogP contribution in [0.2, 0.25) is 0 Å². The number of carbonyl (C=O) groups is 3. The highest BCUT2D eigenvalue weighted by Gasteiger charge is 2.17. The van der Waals surface area contributed by atoms with Crippen LogP contribution < -0.4 is 20.1 Å². The summed E-state index contributed by atoms with van der Waals surface area (Å²) in [6.07, 6.45) is 0.799.